The van der Waals surface area contributed by atoms with Crippen LogP contribution < -0.4 is 0 Å². The van der Waals surface area contributed by atoms with E-state index in [9.17, 15) is 0 Å². The number of fused-ring (bicyclic) bond motifs is 8. The smallest absolute Gasteiger partial charge is 0.167 e. The van der Waals surface area contributed by atoms with Gasteiger partial charge in [-0.25, -0.2) is 15.0 Å². The van der Waals surface area contributed by atoms with E-state index in [0.29, 0.717) is 17.5 Å². The lowest BCUT2D eigenvalue weighted by Gasteiger charge is -2.12. The molecule has 0 atom stereocenters. The molecule has 0 aliphatic rings. The molecule has 5 nitrogen and oxygen atoms in total. The summed E-state index contributed by atoms with van der Waals surface area (Å²) in [6, 6.07) is 54.3. The van der Waals surface area contributed by atoms with Gasteiger partial charge >= 0.3 is 0 Å². The van der Waals surface area contributed by atoms with Gasteiger partial charge in [0, 0.05) is 43.7 Å². The summed E-state index contributed by atoms with van der Waals surface area (Å²) in [5.74, 6) is 1.77. The van der Waals surface area contributed by atoms with E-state index in [2.05, 4.69) is 120 Å². The number of aromatic nitrogens is 4. The maximum Gasteiger partial charge on any atom is 0.167 e. The van der Waals surface area contributed by atoms with E-state index in [1.54, 1.807) is 0 Å². The number of nitrogens with zero attached hydrogens (tertiary/aromatic N) is 4. The molecule has 48 heavy (non-hydrogen) atoms. The number of benzene rings is 7. The second kappa shape index (κ2) is 10.5. The summed E-state index contributed by atoms with van der Waals surface area (Å²) >= 11 is 0. The van der Waals surface area contributed by atoms with Gasteiger partial charge in [-0.2, -0.15) is 0 Å². The monoisotopic (exact) mass is 614 g/mol. The van der Waals surface area contributed by atoms with Crippen molar-refractivity contribution in [3.05, 3.63) is 158 Å². The molecule has 5 heteroatoms. The van der Waals surface area contributed by atoms with Crippen molar-refractivity contribution in [3.63, 3.8) is 0 Å². The topological polar surface area (TPSA) is 56.7 Å². The standard InChI is InChI=1S/C43H26N4O/c1-3-14-28(15-4-1)41-44-42(35-22-11-20-32-31-19-9-10-24-37(31)47(38(32)35)29-16-5-2-6-17-29)46-43(45-41)36-23-12-21-33-34-26-25-27-13-7-8-18-30(27)39(34)48-40(33)36/h1-26H. The van der Waals surface area contributed by atoms with Crippen LogP contribution in [0, 0.1) is 0 Å². The lowest BCUT2D eigenvalue weighted by molar-refractivity contribution is 0.673. The van der Waals surface area contributed by atoms with Gasteiger partial charge in [0.2, 0.25) is 0 Å². The van der Waals surface area contributed by atoms with Gasteiger partial charge in [-0.05, 0) is 41.8 Å². The summed E-state index contributed by atoms with van der Waals surface area (Å²) in [5.41, 5.74) is 7.55. The first-order chi connectivity index (χ1) is 23.8. The highest BCUT2D eigenvalue weighted by Crippen LogP contribution is 2.40. The normalized spacial score (nSPS) is 11.8. The Morgan fingerprint density at radius 3 is 1.83 bits per heavy atom. The molecular weight excluding hydrogens is 589 g/mol. The van der Waals surface area contributed by atoms with Crippen LogP contribution in [0.15, 0.2) is 162 Å². The molecule has 3 heterocycles. The predicted molar refractivity (Wildman–Crippen MR) is 195 cm³/mol. The third-order valence-electron chi connectivity index (χ3n) is 9.25. The molecular formula is C43H26N4O. The van der Waals surface area contributed by atoms with Crippen LogP contribution in [0.3, 0.4) is 0 Å². The van der Waals surface area contributed by atoms with Crippen molar-refractivity contribution in [1.82, 2.24) is 19.5 Å². The van der Waals surface area contributed by atoms with Gasteiger partial charge in [-0.15, -0.1) is 0 Å². The second-order valence-corrected chi connectivity index (χ2v) is 12.0. The molecule has 224 valence electrons. The Bertz CT molecular complexity index is 2830. The zero-order valence-electron chi connectivity index (χ0n) is 25.7. The van der Waals surface area contributed by atoms with Crippen molar-refractivity contribution in [1.29, 1.82) is 0 Å². The van der Waals surface area contributed by atoms with Crippen LogP contribution >= 0.6 is 0 Å². The molecule has 10 aromatic rings. The van der Waals surface area contributed by atoms with E-state index in [0.717, 1.165) is 71.5 Å². The molecule has 0 aliphatic heterocycles. The maximum atomic E-state index is 6.72. The zero-order chi connectivity index (χ0) is 31.6. The fraction of sp³-hybridized carbons (Fsp3) is 0. The van der Waals surface area contributed by atoms with Gasteiger partial charge < -0.3 is 8.98 Å². The fourth-order valence-electron chi connectivity index (χ4n) is 7.08. The quantitative estimate of drug-likeness (QED) is 0.198. The number of hydrogen-bond donors (Lipinski definition) is 0. The summed E-state index contributed by atoms with van der Waals surface area (Å²) in [7, 11) is 0. The average molecular weight is 615 g/mol. The Labute approximate surface area is 275 Å². The fourth-order valence-corrected chi connectivity index (χ4v) is 7.08. The van der Waals surface area contributed by atoms with Crippen LogP contribution in [0.4, 0.5) is 0 Å². The van der Waals surface area contributed by atoms with Gasteiger partial charge in [-0.3, -0.25) is 0 Å². The molecule has 0 N–H and O–H groups in total. The van der Waals surface area contributed by atoms with Crippen LogP contribution in [0.2, 0.25) is 0 Å². The van der Waals surface area contributed by atoms with Gasteiger partial charge in [0.15, 0.2) is 17.5 Å². The van der Waals surface area contributed by atoms with Crippen molar-refractivity contribution < 1.29 is 4.42 Å². The molecule has 0 saturated carbocycles. The molecule has 0 unspecified atom stereocenters. The largest absolute Gasteiger partial charge is 0.455 e. The number of hydrogen-bond acceptors (Lipinski definition) is 4. The lowest BCUT2D eigenvalue weighted by atomic mass is 10.0. The van der Waals surface area contributed by atoms with Gasteiger partial charge in [0.05, 0.1) is 16.6 Å². The molecule has 0 amide bonds. The van der Waals surface area contributed by atoms with Crippen LogP contribution in [0.25, 0.3) is 94.4 Å². The molecule has 0 saturated heterocycles. The van der Waals surface area contributed by atoms with E-state index >= 15 is 0 Å². The van der Waals surface area contributed by atoms with E-state index in [1.165, 1.54) is 5.39 Å². The van der Waals surface area contributed by atoms with Crippen molar-refractivity contribution in [2.24, 2.45) is 0 Å². The summed E-state index contributed by atoms with van der Waals surface area (Å²) < 4.78 is 9.04. The van der Waals surface area contributed by atoms with E-state index in [1.807, 2.05) is 42.5 Å². The Balaban J connectivity index is 1.29. The minimum absolute atomic E-state index is 0.562. The highest BCUT2D eigenvalue weighted by atomic mass is 16.3. The van der Waals surface area contributed by atoms with Gasteiger partial charge in [0.1, 0.15) is 11.2 Å². The van der Waals surface area contributed by atoms with Gasteiger partial charge in [0.25, 0.3) is 0 Å². The number of para-hydroxylation sites is 4. The zero-order valence-corrected chi connectivity index (χ0v) is 25.7. The summed E-state index contributed by atoms with van der Waals surface area (Å²) in [6.07, 6.45) is 0. The first kappa shape index (κ1) is 26.6. The highest BCUT2D eigenvalue weighted by Gasteiger charge is 2.22. The summed E-state index contributed by atoms with van der Waals surface area (Å²) in [6.45, 7) is 0. The average Bonchev–Trinajstić information content (AvgIpc) is 3.72. The third-order valence-corrected chi connectivity index (χ3v) is 9.25. The van der Waals surface area contributed by atoms with Crippen LogP contribution in [0.5, 0.6) is 0 Å². The van der Waals surface area contributed by atoms with Gasteiger partial charge in [-0.1, -0.05) is 121 Å². The van der Waals surface area contributed by atoms with Crippen molar-refractivity contribution in [2.45, 2.75) is 0 Å². The summed E-state index contributed by atoms with van der Waals surface area (Å²) in [5, 5.41) is 6.64. The number of rotatable bonds is 4. The summed E-state index contributed by atoms with van der Waals surface area (Å²) in [4.78, 5) is 15.5. The SMILES string of the molecule is c1ccc(-c2nc(-c3cccc4c3oc3c5ccccc5ccc43)nc(-c3cccc4c5ccccc5n(-c5ccccc5)c34)n2)cc1. The Morgan fingerprint density at radius 1 is 0.396 bits per heavy atom. The van der Waals surface area contributed by atoms with Crippen molar-refractivity contribution in [3.8, 4) is 39.9 Å². The molecule has 0 radical (unpaired) electrons. The Kier molecular flexibility index (Phi) is 5.81. The van der Waals surface area contributed by atoms with Crippen LogP contribution in [-0.2, 0) is 0 Å². The highest BCUT2D eigenvalue weighted by molar-refractivity contribution is 6.17. The molecule has 3 aromatic heterocycles. The minimum Gasteiger partial charge on any atom is -0.455 e. The Hall–Kier alpha value is -6.59. The lowest BCUT2D eigenvalue weighted by Crippen LogP contribution is -2.02. The molecule has 0 aliphatic carbocycles. The molecule has 7 aromatic carbocycles. The molecule has 0 bridgehead atoms. The van der Waals surface area contributed by atoms with E-state index in [-0.39, 0.29) is 0 Å². The predicted octanol–water partition coefficient (Wildman–Crippen LogP) is 11.0. The van der Waals surface area contributed by atoms with Crippen LogP contribution in [-0.4, -0.2) is 19.5 Å². The minimum atomic E-state index is 0.562. The first-order valence-electron chi connectivity index (χ1n) is 16.0. The first-order valence-corrected chi connectivity index (χ1v) is 16.0. The van der Waals surface area contributed by atoms with E-state index in [4.69, 9.17) is 19.4 Å². The molecule has 0 spiro atoms. The second-order valence-electron chi connectivity index (χ2n) is 12.0. The number of furan rings is 1. The van der Waals surface area contributed by atoms with Crippen LogP contribution in [0.1, 0.15) is 0 Å². The van der Waals surface area contributed by atoms with E-state index < -0.39 is 0 Å². The Morgan fingerprint density at radius 2 is 1.00 bits per heavy atom. The maximum absolute atomic E-state index is 6.72. The van der Waals surface area contributed by atoms with Crippen molar-refractivity contribution in [2.75, 3.05) is 0 Å². The molecule has 0 fully saturated rings. The third kappa shape index (κ3) is 4.01. The van der Waals surface area contributed by atoms with Crippen molar-refractivity contribution >= 4 is 54.5 Å². The molecule has 10 rings (SSSR count).